The molecule has 0 spiro atoms. The molecule has 8 heteroatoms. The molecule has 9 rings (SSSR count). The number of rotatable bonds is 7. The third-order valence-corrected chi connectivity index (χ3v) is 10.5. The van der Waals surface area contributed by atoms with Crippen LogP contribution in [0.25, 0.3) is 59.1 Å². The van der Waals surface area contributed by atoms with Gasteiger partial charge in [-0.2, -0.15) is 5.26 Å². The highest BCUT2D eigenvalue weighted by atomic mass is 16.6. The maximum atomic E-state index is 14.4. The number of imide groups is 1. The Bertz CT molecular complexity index is 2840. The largest absolute Gasteiger partial charge is 0.386 e. The maximum absolute atomic E-state index is 14.4. The summed E-state index contributed by atoms with van der Waals surface area (Å²) in [5, 5.41) is 14.2. The minimum Gasteiger partial charge on any atom is -0.386 e. The third-order valence-electron chi connectivity index (χ3n) is 10.5. The SMILES string of the molecule is [C-]#[N+]c1cc2c3c(ccc4c5c(C#N)cc6c7c(ccc(c1c34)c75)C(=O)N(c1ccc(-c3ccc(CCCCCC)cc3)cc1)C6=O)C(=O)OC2=O. The highest BCUT2D eigenvalue weighted by Gasteiger charge is 2.37. The lowest BCUT2D eigenvalue weighted by Gasteiger charge is -2.29. The maximum Gasteiger partial charge on any atom is 0.346 e. The molecule has 0 unspecified atom stereocenters. The van der Waals surface area contributed by atoms with Gasteiger partial charge in [0.2, 0.25) is 0 Å². The van der Waals surface area contributed by atoms with Gasteiger partial charge in [-0.25, -0.2) is 19.3 Å². The Labute approximate surface area is 297 Å². The van der Waals surface area contributed by atoms with Crippen LogP contribution in [0.5, 0.6) is 0 Å². The molecule has 0 radical (unpaired) electrons. The number of hydrogen-bond donors (Lipinski definition) is 0. The summed E-state index contributed by atoms with van der Waals surface area (Å²) in [6.07, 6.45) is 5.90. The van der Waals surface area contributed by atoms with Gasteiger partial charge in [-0.15, -0.1) is 0 Å². The Balaban J connectivity index is 1.18. The number of fused-ring (bicyclic) bond motifs is 2. The molecule has 248 valence electrons. The summed E-state index contributed by atoms with van der Waals surface area (Å²) in [6.45, 7) is 10.2. The van der Waals surface area contributed by atoms with E-state index in [1.54, 1.807) is 36.4 Å². The zero-order chi connectivity index (χ0) is 35.8. The van der Waals surface area contributed by atoms with E-state index in [1.807, 2.05) is 12.1 Å². The first-order valence-electron chi connectivity index (χ1n) is 17.2. The number of anilines is 1. The fraction of sp³-hybridized carbons (Fsp3) is 0.136. The summed E-state index contributed by atoms with van der Waals surface area (Å²) in [4.78, 5) is 59.2. The molecular formula is C44H27N3O5. The lowest BCUT2D eigenvalue weighted by Crippen LogP contribution is -2.40. The van der Waals surface area contributed by atoms with Crippen LogP contribution in [0.1, 0.15) is 85.2 Å². The molecule has 7 aromatic carbocycles. The number of amides is 2. The molecule has 0 fully saturated rings. The smallest absolute Gasteiger partial charge is 0.346 e. The molecule has 2 aliphatic rings. The van der Waals surface area contributed by atoms with E-state index in [1.165, 1.54) is 43.4 Å². The molecule has 0 aliphatic carbocycles. The number of nitrogens with zero attached hydrogens (tertiary/aromatic N) is 3. The Morgan fingerprint density at radius 2 is 1.27 bits per heavy atom. The van der Waals surface area contributed by atoms with Gasteiger partial charge in [0.25, 0.3) is 11.8 Å². The Morgan fingerprint density at radius 1 is 0.654 bits per heavy atom. The van der Waals surface area contributed by atoms with Crippen molar-refractivity contribution in [2.24, 2.45) is 0 Å². The number of esters is 2. The number of carbonyl (C=O) groups is 4. The number of carbonyl (C=O) groups excluding carboxylic acids is 4. The minimum absolute atomic E-state index is 0.0931. The lowest BCUT2D eigenvalue weighted by molar-refractivity contribution is 0.0390. The normalized spacial score (nSPS) is 13.7. The molecule has 7 aromatic rings. The predicted octanol–water partition coefficient (Wildman–Crippen LogP) is 10.1. The summed E-state index contributed by atoms with van der Waals surface area (Å²) in [5.41, 5.74) is 4.78. The molecule has 2 aliphatic heterocycles. The Morgan fingerprint density at radius 3 is 1.96 bits per heavy atom. The van der Waals surface area contributed by atoms with Crippen molar-refractivity contribution in [3.63, 3.8) is 0 Å². The van der Waals surface area contributed by atoms with Crippen molar-refractivity contribution in [2.75, 3.05) is 4.90 Å². The van der Waals surface area contributed by atoms with Crippen LogP contribution in [0.3, 0.4) is 0 Å². The second-order valence-electron chi connectivity index (χ2n) is 13.4. The number of ether oxygens (including phenoxy) is 1. The van der Waals surface area contributed by atoms with Gasteiger partial charge < -0.3 is 4.74 Å². The van der Waals surface area contributed by atoms with E-state index in [-0.39, 0.29) is 33.5 Å². The van der Waals surface area contributed by atoms with Gasteiger partial charge >= 0.3 is 11.9 Å². The van der Waals surface area contributed by atoms with Gasteiger partial charge in [-0.1, -0.05) is 74.7 Å². The first-order valence-corrected chi connectivity index (χ1v) is 17.2. The molecular weight excluding hydrogens is 651 g/mol. The minimum atomic E-state index is -0.849. The van der Waals surface area contributed by atoms with Crippen LogP contribution in [0.2, 0.25) is 0 Å². The summed E-state index contributed by atoms with van der Waals surface area (Å²) >= 11 is 0. The quantitative estimate of drug-likeness (QED) is 0.0316. The molecule has 0 saturated carbocycles. The van der Waals surface area contributed by atoms with Crippen LogP contribution in [0, 0.1) is 17.9 Å². The second kappa shape index (κ2) is 11.6. The van der Waals surface area contributed by atoms with Crippen molar-refractivity contribution in [3.05, 3.63) is 130 Å². The average Bonchev–Trinajstić information content (AvgIpc) is 3.17. The number of benzene rings is 7. The van der Waals surface area contributed by atoms with Gasteiger partial charge in [0, 0.05) is 21.7 Å². The summed E-state index contributed by atoms with van der Waals surface area (Å²) < 4.78 is 4.97. The Kier molecular flexibility index (Phi) is 6.93. The zero-order valence-electron chi connectivity index (χ0n) is 28.0. The van der Waals surface area contributed by atoms with Crippen LogP contribution >= 0.6 is 0 Å². The topological polar surface area (TPSA) is 109 Å². The molecule has 2 amide bonds. The predicted molar refractivity (Wildman–Crippen MR) is 199 cm³/mol. The van der Waals surface area contributed by atoms with E-state index in [0.717, 1.165) is 22.4 Å². The van der Waals surface area contributed by atoms with Crippen molar-refractivity contribution in [1.82, 2.24) is 0 Å². The summed E-state index contributed by atoms with van der Waals surface area (Å²) in [5.74, 6) is -2.71. The van der Waals surface area contributed by atoms with Gasteiger partial charge in [-0.3, -0.25) is 9.59 Å². The van der Waals surface area contributed by atoms with Crippen LogP contribution in [-0.2, 0) is 11.2 Å². The fourth-order valence-electron chi connectivity index (χ4n) is 8.12. The lowest BCUT2D eigenvalue weighted by atomic mass is 9.80. The molecule has 0 bridgehead atoms. The van der Waals surface area contributed by atoms with Crippen LogP contribution in [-0.4, -0.2) is 23.8 Å². The van der Waals surface area contributed by atoms with Gasteiger partial charge in [-0.05, 0) is 92.9 Å². The highest BCUT2D eigenvalue weighted by Crippen LogP contribution is 2.50. The van der Waals surface area contributed by atoms with E-state index in [9.17, 15) is 24.4 Å². The first-order chi connectivity index (χ1) is 25.3. The van der Waals surface area contributed by atoms with E-state index in [2.05, 4.69) is 42.1 Å². The van der Waals surface area contributed by atoms with E-state index in [4.69, 9.17) is 11.3 Å². The van der Waals surface area contributed by atoms with E-state index >= 15 is 0 Å². The zero-order valence-corrected chi connectivity index (χ0v) is 28.0. The molecule has 52 heavy (non-hydrogen) atoms. The number of nitriles is 1. The van der Waals surface area contributed by atoms with Crippen molar-refractivity contribution in [1.29, 1.82) is 5.26 Å². The van der Waals surface area contributed by atoms with Crippen molar-refractivity contribution in [3.8, 4) is 17.2 Å². The fourth-order valence-corrected chi connectivity index (χ4v) is 8.12. The van der Waals surface area contributed by atoms with E-state index < -0.39 is 23.8 Å². The monoisotopic (exact) mass is 677 g/mol. The third kappa shape index (κ3) is 4.31. The van der Waals surface area contributed by atoms with Crippen LogP contribution < -0.4 is 4.90 Å². The van der Waals surface area contributed by atoms with Gasteiger partial charge in [0.1, 0.15) is 0 Å². The van der Waals surface area contributed by atoms with Crippen molar-refractivity contribution < 1.29 is 23.9 Å². The highest BCUT2D eigenvalue weighted by molar-refractivity contribution is 6.45. The van der Waals surface area contributed by atoms with Crippen molar-refractivity contribution in [2.45, 2.75) is 39.0 Å². The van der Waals surface area contributed by atoms with E-state index in [0.29, 0.717) is 48.8 Å². The summed E-state index contributed by atoms with van der Waals surface area (Å²) in [6, 6.07) is 27.6. The molecule has 0 atom stereocenters. The standard InChI is InChI=1S/C44H27N3O5/c1-3-4-5-6-7-23-8-10-24(11-9-23)25-12-14-27(15-13-25)47-41(48)30-18-16-29-38-34(46-2)21-33-37-31(43(50)52-44(33)51)19-17-28(40(37)38)35-26(22-45)20-32(42(47)49)36(30)39(29)35/h8-21H,3-7H2,1H3. The van der Waals surface area contributed by atoms with Crippen LogP contribution in [0.15, 0.2) is 84.9 Å². The van der Waals surface area contributed by atoms with Crippen molar-refractivity contribution >= 4 is 78.2 Å². The van der Waals surface area contributed by atoms with Gasteiger partial charge in [0.15, 0.2) is 5.69 Å². The molecule has 0 saturated heterocycles. The number of unbranched alkanes of at least 4 members (excludes halogenated alkanes) is 3. The Hall–Kier alpha value is -6.90. The number of cyclic esters (lactones) is 2. The average molecular weight is 678 g/mol. The van der Waals surface area contributed by atoms with Crippen LogP contribution in [0.4, 0.5) is 11.4 Å². The second-order valence-corrected chi connectivity index (χ2v) is 13.4. The molecule has 0 aromatic heterocycles. The summed E-state index contributed by atoms with van der Waals surface area (Å²) in [7, 11) is 0. The first kappa shape index (κ1) is 31.1. The molecule has 0 N–H and O–H groups in total. The van der Waals surface area contributed by atoms with Gasteiger partial charge in [0.05, 0.1) is 40.6 Å². The number of aryl methyl sites for hydroxylation is 1. The molecule has 2 heterocycles. The number of hydrogen-bond acceptors (Lipinski definition) is 6. The molecule has 8 nitrogen and oxygen atoms in total.